The van der Waals surface area contributed by atoms with E-state index in [1.54, 1.807) is 12.3 Å². The van der Waals surface area contributed by atoms with Crippen LogP contribution in [0.4, 0.5) is 5.69 Å². The number of nitrogens with two attached hydrogens (primary N) is 1. The summed E-state index contributed by atoms with van der Waals surface area (Å²) in [6.45, 7) is 0.442. The van der Waals surface area contributed by atoms with Gasteiger partial charge in [-0.2, -0.15) is 0 Å². The second kappa shape index (κ2) is 6.02. The molecule has 0 unspecified atom stereocenters. The molecule has 1 aliphatic carbocycles. The Kier molecular flexibility index (Phi) is 4.37. The molecule has 0 atom stereocenters. The smallest absolute Gasteiger partial charge is 0.252 e. The highest BCUT2D eigenvalue weighted by atomic mass is 16.3. The molecule has 1 heterocycles. The zero-order valence-electron chi connectivity index (χ0n) is 11.1. The van der Waals surface area contributed by atoms with Gasteiger partial charge in [0.25, 0.3) is 5.91 Å². The van der Waals surface area contributed by atoms with Gasteiger partial charge in [0.2, 0.25) is 0 Å². The van der Waals surface area contributed by atoms with Gasteiger partial charge in [0.05, 0.1) is 16.9 Å². The number of aromatic nitrogens is 1. The molecule has 1 saturated carbocycles. The van der Waals surface area contributed by atoms with E-state index < -0.39 is 11.5 Å². The molecule has 4 N–H and O–H groups in total. The van der Waals surface area contributed by atoms with Crippen LogP contribution in [0.2, 0.25) is 0 Å². The van der Waals surface area contributed by atoms with Crippen molar-refractivity contribution in [2.45, 2.75) is 44.1 Å². The lowest BCUT2D eigenvalue weighted by Crippen LogP contribution is -2.36. The van der Waals surface area contributed by atoms with Gasteiger partial charge in [0.15, 0.2) is 0 Å². The zero-order valence-corrected chi connectivity index (χ0v) is 11.1. The monoisotopic (exact) mass is 263 g/mol. The Morgan fingerprint density at radius 1 is 1.37 bits per heavy atom. The van der Waals surface area contributed by atoms with E-state index in [1.165, 1.54) is 19.0 Å². The minimum absolute atomic E-state index is 0.361. The molecule has 1 aromatic heterocycles. The number of nitrogens with one attached hydrogen (secondary N) is 1. The van der Waals surface area contributed by atoms with E-state index in [2.05, 4.69) is 10.3 Å². The van der Waals surface area contributed by atoms with Gasteiger partial charge in [0.1, 0.15) is 0 Å². The predicted octanol–water partition coefficient (Wildman–Crippen LogP) is 1.68. The molecular weight excluding hydrogens is 242 g/mol. The zero-order chi connectivity index (χ0) is 13.7. The number of primary amides is 1. The van der Waals surface area contributed by atoms with E-state index in [0.29, 0.717) is 17.8 Å². The highest BCUT2D eigenvalue weighted by Gasteiger charge is 2.27. The molecular formula is C14H21N3O2. The summed E-state index contributed by atoms with van der Waals surface area (Å²) in [4.78, 5) is 15.2. The normalized spacial score (nSPS) is 18.6. The maximum atomic E-state index is 11.3. The molecule has 104 valence electrons. The molecule has 5 nitrogen and oxygen atoms in total. The molecule has 1 aromatic rings. The Labute approximate surface area is 113 Å². The van der Waals surface area contributed by atoms with Crippen molar-refractivity contribution in [3.8, 4) is 0 Å². The first kappa shape index (κ1) is 13.8. The van der Waals surface area contributed by atoms with Gasteiger partial charge in [-0.3, -0.25) is 9.78 Å². The van der Waals surface area contributed by atoms with Gasteiger partial charge in [-0.1, -0.05) is 25.7 Å². The third-order valence-electron chi connectivity index (χ3n) is 3.73. The second-order valence-electron chi connectivity index (χ2n) is 5.28. The minimum atomic E-state index is -0.686. The number of nitrogens with zero attached hydrogens (tertiary/aromatic N) is 1. The Morgan fingerprint density at radius 2 is 2.05 bits per heavy atom. The first-order chi connectivity index (χ1) is 9.11. The Bertz CT molecular complexity index is 440. The summed E-state index contributed by atoms with van der Waals surface area (Å²) < 4.78 is 0. The number of aliphatic hydroxyl groups is 1. The molecule has 5 heteroatoms. The highest BCUT2D eigenvalue weighted by molar-refractivity contribution is 5.98. The third kappa shape index (κ3) is 3.67. The molecule has 0 bridgehead atoms. The first-order valence-corrected chi connectivity index (χ1v) is 6.81. The van der Waals surface area contributed by atoms with E-state index in [-0.39, 0.29) is 0 Å². The Morgan fingerprint density at radius 3 is 2.68 bits per heavy atom. The number of pyridine rings is 1. The fraction of sp³-hybridized carbons (Fsp3) is 0.571. The van der Waals surface area contributed by atoms with Crippen LogP contribution in [0.1, 0.15) is 48.9 Å². The van der Waals surface area contributed by atoms with Crippen LogP contribution in [0.3, 0.4) is 0 Å². The van der Waals surface area contributed by atoms with E-state index >= 15 is 0 Å². The topological polar surface area (TPSA) is 88.2 Å². The molecule has 1 amide bonds. The molecule has 1 aliphatic rings. The summed E-state index contributed by atoms with van der Waals surface area (Å²) in [6, 6.07) is 1.71. The molecule has 1 fully saturated rings. The molecule has 0 saturated heterocycles. The van der Waals surface area contributed by atoms with Gasteiger partial charge >= 0.3 is 0 Å². The largest absolute Gasteiger partial charge is 0.388 e. The molecule has 0 aliphatic heterocycles. The Hall–Kier alpha value is -1.62. The fourth-order valence-electron chi connectivity index (χ4n) is 2.57. The summed E-state index contributed by atoms with van der Waals surface area (Å²) >= 11 is 0. The molecule has 19 heavy (non-hydrogen) atoms. The molecule has 0 aromatic carbocycles. The van der Waals surface area contributed by atoms with Crippen LogP contribution in [-0.2, 0) is 0 Å². The maximum absolute atomic E-state index is 11.3. The van der Waals surface area contributed by atoms with E-state index in [4.69, 9.17) is 5.73 Å². The van der Waals surface area contributed by atoms with Crippen LogP contribution >= 0.6 is 0 Å². The van der Waals surface area contributed by atoms with Crippen LogP contribution < -0.4 is 11.1 Å². The number of hydrogen-bond acceptors (Lipinski definition) is 4. The SMILES string of the molecule is NC(=O)c1cnccc1NCC1(O)CCCCCC1. The van der Waals surface area contributed by atoms with Crippen LogP contribution in [0.25, 0.3) is 0 Å². The van der Waals surface area contributed by atoms with Crippen LogP contribution in [0.15, 0.2) is 18.5 Å². The van der Waals surface area contributed by atoms with Gasteiger partial charge in [-0.15, -0.1) is 0 Å². The van der Waals surface area contributed by atoms with Crippen molar-refractivity contribution in [1.29, 1.82) is 0 Å². The molecule has 0 radical (unpaired) electrons. The summed E-state index contributed by atoms with van der Waals surface area (Å²) in [5.74, 6) is -0.511. The Balaban J connectivity index is 2.03. The number of hydrogen-bond donors (Lipinski definition) is 3. The minimum Gasteiger partial charge on any atom is -0.388 e. The van der Waals surface area contributed by atoms with Gasteiger partial charge in [-0.05, 0) is 18.9 Å². The number of rotatable bonds is 4. The van der Waals surface area contributed by atoms with Crippen LogP contribution in [0.5, 0.6) is 0 Å². The summed E-state index contributed by atoms with van der Waals surface area (Å²) in [6.07, 6.45) is 9.13. The van der Waals surface area contributed by atoms with Crippen molar-refractivity contribution < 1.29 is 9.90 Å². The maximum Gasteiger partial charge on any atom is 0.252 e. The standard InChI is InChI=1S/C14H21N3O2/c15-13(18)11-9-16-8-5-12(11)17-10-14(19)6-3-1-2-4-7-14/h5,8-9,19H,1-4,6-7,10H2,(H2,15,18)(H,16,17). The number of anilines is 1. The third-order valence-corrected chi connectivity index (χ3v) is 3.73. The van der Waals surface area contributed by atoms with Crippen LogP contribution in [0, 0.1) is 0 Å². The van der Waals surface area contributed by atoms with E-state index in [1.807, 2.05) is 0 Å². The lowest BCUT2D eigenvalue weighted by atomic mass is 9.94. The lowest BCUT2D eigenvalue weighted by molar-refractivity contribution is 0.0381. The fourth-order valence-corrected chi connectivity index (χ4v) is 2.57. The van der Waals surface area contributed by atoms with Crippen molar-refractivity contribution in [2.75, 3.05) is 11.9 Å². The molecule has 0 spiro atoms. The van der Waals surface area contributed by atoms with Gasteiger partial charge < -0.3 is 16.2 Å². The van der Waals surface area contributed by atoms with Crippen molar-refractivity contribution in [3.63, 3.8) is 0 Å². The first-order valence-electron chi connectivity index (χ1n) is 6.81. The summed E-state index contributed by atoms with van der Waals surface area (Å²) in [7, 11) is 0. The molecule has 2 rings (SSSR count). The number of amides is 1. The second-order valence-corrected chi connectivity index (χ2v) is 5.28. The van der Waals surface area contributed by atoms with Gasteiger partial charge in [-0.25, -0.2) is 0 Å². The number of carbonyl (C=O) groups is 1. The van der Waals surface area contributed by atoms with E-state index in [9.17, 15) is 9.90 Å². The predicted molar refractivity (Wildman–Crippen MR) is 73.9 cm³/mol. The van der Waals surface area contributed by atoms with Crippen molar-refractivity contribution >= 4 is 11.6 Å². The summed E-state index contributed by atoms with van der Waals surface area (Å²) in [5, 5.41) is 13.7. The average molecular weight is 263 g/mol. The van der Waals surface area contributed by atoms with Crippen molar-refractivity contribution in [3.05, 3.63) is 24.0 Å². The van der Waals surface area contributed by atoms with Crippen LogP contribution in [-0.4, -0.2) is 28.1 Å². The number of carbonyl (C=O) groups excluding carboxylic acids is 1. The van der Waals surface area contributed by atoms with Gasteiger partial charge in [0, 0.05) is 18.9 Å². The quantitative estimate of drug-likeness (QED) is 0.721. The highest BCUT2D eigenvalue weighted by Crippen LogP contribution is 2.27. The van der Waals surface area contributed by atoms with Crippen molar-refractivity contribution in [2.24, 2.45) is 5.73 Å². The summed E-state index contributed by atoms with van der Waals surface area (Å²) in [5.41, 5.74) is 5.61. The average Bonchev–Trinajstić information content (AvgIpc) is 2.62. The van der Waals surface area contributed by atoms with Crippen molar-refractivity contribution in [1.82, 2.24) is 4.98 Å². The van der Waals surface area contributed by atoms with E-state index in [0.717, 1.165) is 25.7 Å². The lowest BCUT2D eigenvalue weighted by Gasteiger charge is -2.27.